The quantitative estimate of drug-likeness (QED) is 0.671. The zero-order valence-electron chi connectivity index (χ0n) is 9.96. The number of rotatable bonds is 4. The topological polar surface area (TPSA) is 43.9 Å². The number of fused-ring (bicyclic) bond motifs is 1. The van der Waals surface area contributed by atoms with Gasteiger partial charge in [-0.3, -0.25) is 4.57 Å². The zero-order chi connectivity index (χ0) is 14.1. The number of oxazole rings is 1. The molecule has 0 saturated heterocycles. The van der Waals surface area contributed by atoms with Gasteiger partial charge in [-0.15, -0.1) is 0 Å². The minimum absolute atomic E-state index is 0.248. The summed E-state index contributed by atoms with van der Waals surface area (Å²) in [6.45, 7) is -2.60. The van der Waals surface area contributed by atoms with Crippen molar-refractivity contribution < 1.29 is 13.2 Å². The highest BCUT2D eigenvalue weighted by Crippen LogP contribution is 2.28. The van der Waals surface area contributed by atoms with Crippen LogP contribution < -0.4 is 0 Å². The first-order valence-electron chi connectivity index (χ1n) is 5.62. The Morgan fingerprint density at radius 2 is 2.25 bits per heavy atom. The zero-order valence-corrected chi connectivity index (χ0v) is 11.5. The predicted octanol–water partition coefficient (Wildman–Crippen LogP) is 4.37. The Hall–Kier alpha value is -1.60. The average Bonchev–Trinajstić information content (AvgIpc) is 3.01. The summed E-state index contributed by atoms with van der Waals surface area (Å²) < 4.78 is 31.6. The Bertz CT molecular complexity index is 743. The molecule has 8 heteroatoms. The lowest BCUT2D eigenvalue weighted by Crippen LogP contribution is -2.01. The van der Waals surface area contributed by atoms with E-state index in [-0.39, 0.29) is 11.6 Å². The lowest BCUT2D eigenvalue weighted by molar-refractivity contribution is 0.0678. The fraction of sp³-hybridized carbons (Fsp3) is 0.167. The molecule has 2 heterocycles. The Kier molecular flexibility index (Phi) is 3.62. The van der Waals surface area contributed by atoms with Gasteiger partial charge in [0.2, 0.25) is 0 Å². The van der Waals surface area contributed by atoms with Crippen LogP contribution in [0.3, 0.4) is 0 Å². The molecule has 4 nitrogen and oxygen atoms in total. The van der Waals surface area contributed by atoms with Crippen molar-refractivity contribution in [3.63, 3.8) is 0 Å². The molecule has 0 saturated carbocycles. The smallest absolute Gasteiger partial charge is 0.319 e. The third-order valence-corrected chi connectivity index (χ3v) is 3.67. The maximum atomic E-state index is 12.7. The summed E-state index contributed by atoms with van der Waals surface area (Å²) in [5.41, 5.74) is 1.24. The predicted molar refractivity (Wildman–Crippen MR) is 72.1 cm³/mol. The lowest BCUT2D eigenvalue weighted by Gasteiger charge is -2.04. The van der Waals surface area contributed by atoms with Gasteiger partial charge in [0, 0.05) is 17.4 Å². The van der Waals surface area contributed by atoms with Gasteiger partial charge in [-0.2, -0.15) is 8.78 Å². The largest absolute Gasteiger partial charge is 0.431 e. The number of hydrogen-bond donors (Lipinski definition) is 0. The molecule has 0 aliphatic heterocycles. The van der Waals surface area contributed by atoms with E-state index in [1.165, 1.54) is 24.2 Å². The van der Waals surface area contributed by atoms with Gasteiger partial charge in [0.15, 0.2) is 5.58 Å². The third-order valence-electron chi connectivity index (χ3n) is 2.61. The maximum absolute atomic E-state index is 12.7. The van der Waals surface area contributed by atoms with E-state index in [9.17, 15) is 8.78 Å². The van der Waals surface area contributed by atoms with Crippen molar-refractivity contribution >= 4 is 34.5 Å². The van der Waals surface area contributed by atoms with Crippen LogP contribution in [0.2, 0.25) is 5.02 Å². The van der Waals surface area contributed by atoms with Crippen LogP contribution in [-0.2, 0) is 5.75 Å². The molecule has 104 valence electrons. The second kappa shape index (κ2) is 5.41. The molecular formula is C12H8ClF2N3OS. The van der Waals surface area contributed by atoms with E-state index in [1.807, 2.05) is 0 Å². The van der Waals surface area contributed by atoms with Crippen molar-refractivity contribution in [2.75, 3.05) is 0 Å². The normalized spacial score (nSPS) is 11.6. The summed E-state index contributed by atoms with van der Waals surface area (Å²) in [6.07, 6.45) is 2.58. The highest BCUT2D eigenvalue weighted by Gasteiger charge is 2.13. The van der Waals surface area contributed by atoms with Crippen LogP contribution in [0.4, 0.5) is 8.78 Å². The Morgan fingerprint density at radius 1 is 1.40 bits per heavy atom. The molecule has 0 atom stereocenters. The maximum Gasteiger partial charge on any atom is 0.319 e. The van der Waals surface area contributed by atoms with Crippen molar-refractivity contribution in [1.82, 2.24) is 14.5 Å². The fourth-order valence-electron chi connectivity index (χ4n) is 1.70. The summed E-state index contributed by atoms with van der Waals surface area (Å²) in [7, 11) is 0. The van der Waals surface area contributed by atoms with Gasteiger partial charge in [0.1, 0.15) is 11.3 Å². The number of hydrogen-bond acceptors (Lipinski definition) is 4. The molecule has 0 bridgehead atoms. The molecule has 0 amide bonds. The summed E-state index contributed by atoms with van der Waals surface area (Å²) in [6, 6.07) is 5.10. The molecule has 0 unspecified atom stereocenters. The third kappa shape index (κ3) is 2.64. The van der Waals surface area contributed by atoms with Crippen LogP contribution >= 0.6 is 23.4 Å². The summed E-state index contributed by atoms with van der Waals surface area (Å²) in [5, 5.41) is 0.960. The molecule has 3 rings (SSSR count). The van der Waals surface area contributed by atoms with E-state index in [0.717, 1.165) is 4.57 Å². The molecule has 0 spiro atoms. The molecule has 2 aromatic heterocycles. The number of halogens is 3. The average molecular weight is 316 g/mol. The van der Waals surface area contributed by atoms with Gasteiger partial charge in [0.05, 0.1) is 5.75 Å². The molecule has 1 aromatic carbocycles. The van der Waals surface area contributed by atoms with Crippen molar-refractivity contribution in [2.24, 2.45) is 0 Å². The minimum atomic E-state index is -2.60. The highest BCUT2D eigenvalue weighted by molar-refractivity contribution is 7.98. The Morgan fingerprint density at radius 3 is 3.05 bits per heavy atom. The van der Waals surface area contributed by atoms with Gasteiger partial charge in [0.25, 0.3) is 5.22 Å². The van der Waals surface area contributed by atoms with Crippen molar-refractivity contribution in [2.45, 2.75) is 17.5 Å². The van der Waals surface area contributed by atoms with Crippen LogP contribution in [0.1, 0.15) is 12.4 Å². The SMILES string of the molecule is FC(F)n1ccnc1CSc1nc2cc(Cl)ccc2o1. The van der Waals surface area contributed by atoms with E-state index in [0.29, 0.717) is 21.3 Å². The van der Waals surface area contributed by atoms with E-state index in [4.69, 9.17) is 16.0 Å². The van der Waals surface area contributed by atoms with Gasteiger partial charge < -0.3 is 4.42 Å². The Balaban J connectivity index is 1.78. The van der Waals surface area contributed by atoms with Crippen LogP contribution in [0, 0.1) is 0 Å². The first kappa shape index (κ1) is 13.4. The highest BCUT2D eigenvalue weighted by atomic mass is 35.5. The van der Waals surface area contributed by atoms with Gasteiger partial charge in [-0.1, -0.05) is 23.4 Å². The number of imidazole rings is 1. The number of aromatic nitrogens is 3. The summed E-state index contributed by atoms with van der Waals surface area (Å²) in [4.78, 5) is 8.13. The van der Waals surface area contributed by atoms with E-state index < -0.39 is 6.55 Å². The van der Waals surface area contributed by atoms with Gasteiger partial charge in [-0.25, -0.2) is 9.97 Å². The first-order chi connectivity index (χ1) is 9.63. The van der Waals surface area contributed by atoms with Crippen LogP contribution in [0.5, 0.6) is 0 Å². The number of benzene rings is 1. The number of alkyl halides is 2. The second-order valence-electron chi connectivity index (χ2n) is 3.91. The first-order valence-corrected chi connectivity index (χ1v) is 6.98. The molecule has 20 heavy (non-hydrogen) atoms. The van der Waals surface area contributed by atoms with Gasteiger partial charge >= 0.3 is 6.55 Å². The van der Waals surface area contributed by atoms with Gasteiger partial charge in [-0.05, 0) is 18.2 Å². The molecule has 0 radical (unpaired) electrons. The Labute approximate surface area is 121 Å². The minimum Gasteiger partial charge on any atom is -0.431 e. The summed E-state index contributed by atoms with van der Waals surface area (Å²) in [5.74, 6) is 0.517. The van der Waals surface area contributed by atoms with E-state index in [2.05, 4.69) is 9.97 Å². The van der Waals surface area contributed by atoms with Crippen LogP contribution in [0.25, 0.3) is 11.1 Å². The number of nitrogens with zero attached hydrogens (tertiary/aromatic N) is 3. The lowest BCUT2D eigenvalue weighted by atomic mass is 10.3. The number of thioether (sulfide) groups is 1. The molecule has 0 aliphatic rings. The van der Waals surface area contributed by atoms with Crippen LogP contribution in [-0.4, -0.2) is 14.5 Å². The van der Waals surface area contributed by atoms with Crippen molar-refractivity contribution in [1.29, 1.82) is 0 Å². The van der Waals surface area contributed by atoms with Crippen molar-refractivity contribution in [3.05, 3.63) is 41.4 Å². The molecule has 3 aromatic rings. The van der Waals surface area contributed by atoms with Crippen LogP contribution in [0.15, 0.2) is 40.2 Å². The van der Waals surface area contributed by atoms with E-state index in [1.54, 1.807) is 18.2 Å². The molecule has 0 aliphatic carbocycles. The molecule has 0 N–H and O–H groups in total. The van der Waals surface area contributed by atoms with Crippen molar-refractivity contribution in [3.8, 4) is 0 Å². The second-order valence-corrected chi connectivity index (χ2v) is 5.27. The molecule has 0 fully saturated rings. The summed E-state index contributed by atoms with van der Waals surface area (Å²) >= 11 is 7.06. The monoisotopic (exact) mass is 315 g/mol. The fourth-order valence-corrected chi connectivity index (χ4v) is 2.66. The standard InChI is InChI=1S/C12H8ClF2N3OS/c13-7-1-2-9-8(5-7)17-12(19-9)20-6-10-16-3-4-18(10)11(14)15/h1-5,11H,6H2. The van der Waals surface area contributed by atoms with E-state index >= 15 is 0 Å². The molecular weight excluding hydrogens is 308 g/mol.